The molecule has 0 aromatic heterocycles. The van der Waals surface area contributed by atoms with Crippen LogP contribution in [0.25, 0.3) is 0 Å². The highest BCUT2D eigenvalue weighted by Crippen LogP contribution is 2.19. The van der Waals surface area contributed by atoms with E-state index >= 15 is 0 Å². The molecule has 0 aliphatic carbocycles. The van der Waals surface area contributed by atoms with E-state index in [1.165, 1.54) is 17.7 Å². The number of nitrogens with one attached hydrogen (secondary N) is 1. The van der Waals surface area contributed by atoms with Gasteiger partial charge in [0.15, 0.2) is 0 Å². The third-order valence-corrected chi connectivity index (χ3v) is 3.15. The number of benzene rings is 2. The lowest BCUT2D eigenvalue weighted by molar-refractivity contribution is 0.151. The van der Waals surface area contributed by atoms with Crippen molar-refractivity contribution < 1.29 is 8.78 Å². The van der Waals surface area contributed by atoms with Crippen molar-refractivity contribution in [3.63, 3.8) is 0 Å². The van der Waals surface area contributed by atoms with Crippen LogP contribution in [0.3, 0.4) is 0 Å². The average Bonchev–Trinajstić information content (AvgIpc) is 2.45. The second-order valence-corrected chi connectivity index (χ2v) is 5.33. The van der Waals surface area contributed by atoms with Crippen LogP contribution in [0.15, 0.2) is 48.5 Å². The molecule has 0 spiro atoms. The van der Waals surface area contributed by atoms with E-state index in [9.17, 15) is 8.78 Å². The van der Waals surface area contributed by atoms with Gasteiger partial charge in [0.2, 0.25) is 0 Å². The number of hydrogen-bond acceptors (Lipinski definition) is 2. The molecule has 0 atom stereocenters. The van der Waals surface area contributed by atoms with Crippen LogP contribution in [0.5, 0.6) is 0 Å². The van der Waals surface area contributed by atoms with E-state index in [4.69, 9.17) is 0 Å². The summed E-state index contributed by atoms with van der Waals surface area (Å²) < 4.78 is 25.0. The Bertz CT molecular complexity index is 565. The molecule has 0 amide bonds. The molecule has 0 unspecified atom stereocenters. The summed E-state index contributed by atoms with van der Waals surface area (Å²) in [5, 5.41) is 3.32. The summed E-state index contributed by atoms with van der Waals surface area (Å²) in [6.45, 7) is 1.51. The van der Waals surface area contributed by atoms with Gasteiger partial charge in [-0.05, 0) is 37.4 Å². The number of rotatable bonds is 6. The summed E-state index contributed by atoms with van der Waals surface area (Å²) in [4.78, 5) is 2.11. The zero-order chi connectivity index (χ0) is 15.2. The summed E-state index contributed by atoms with van der Waals surface area (Å²) in [7, 11) is 4.06. The van der Waals surface area contributed by atoms with Crippen LogP contribution >= 0.6 is 0 Å². The molecule has 2 rings (SSSR count). The van der Waals surface area contributed by atoms with E-state index in [1.807, 2.05) is 26.2 Å². The van der Waals surface area contributed by atoms with Gasteiger partial charge < -0.3 is 10.2 Å². The number of alkyl halides is 2. The Morgan fingerprint density at radius 1 is 1.00 bits per heavy atom. The molecule has 0 radical (unpaired) electrons. The summed E-state index contributed by atoms with van der Waals surface area (Å²) in [6, 6.07) is 14.6. The Hall–Kier alpha value is -1.94. The molecular weight excluding hydrogens is 270 g/mol. The number of hydrogen-bond donors (Lipinski definition) is 1. The van der Waals surface area contributed by atoms with E-state index in [0.29, 0.717) is 6.54 Å². The third-order valence-electron chi connectivity index (χ3n) is 3.15. The summed E-state index contributed by atoms with van der Waals surface area (Å²) in [5.41, 5.74) is 3.31. The molecule has 0 fully saturated rings. The molecule has 21 heavy (non-hydrogen) atoms. The van der Waals surface area contributed by atoms with Crippen molar-refractivity contribution in [2.24, 2.45) is 0 Å². The first-order valence-corrected chi connectivity index (χ1v) is 6.89. The van der Waals surface area contributed by atoms with Crippen molar-refractivity contribution >= 4 is 5.69 Å². The van der Waals surface area contributed by atoms with Gasteiger partial charge >= 0.3 is 0 Å². The minimum atomic E-state index is -2.41. The predicted octanol–water partition coefficient (Wildman–Crippen LogP) is 4.30. The Morgan fingerprint density at radius 2 is 1.71 bits per heavy atom. The van der Waals surface area contributed by atoms with Gasteiger partial charge in [0.25, 0.3) is 6.43 Å². The van der Waals surface area contributed by atoms with Crippen molar-refractivity contribution in [3.05, 3.63) is 65.2 Å². The van der Waals surface area contributed by atoms with E-state index in [0.717, 1.165) is 17.8 Å². The zero-order valence-corrected chi connectivity index (χ0v) is 12.3. The summed E-state index contributed by atoms with van der Waals surface area (Å²) in [6.07, 6.45) is -2.41. The van der Waals surface area contributed by atoms with Crippen molar-refractivity contribution in [2.45, 2.75) is 19.5 Å². The summed E-state index contributed by atoms with van der Waals surface area (Å²) in [5.74, 6) is 0. The van der Waals surface area contributed by atoms with Crippen LogP contribution in [0.1, 0.15) is 23.1 Å². The molecule has 4 heteroatoms. The van der Waals surface area contributed by atoms with Crippen LogP contribution in [0.4, 0.5) is 14.5 Å². The highest BCUT2D eigenvalue weighted by Gasteiger charge is 2.05. The minimum Gasteiger partial charge on any atom is -0.381 e. The fourth-order valence-corrected chi connectivity index (χ4v) is 2.13. The van der Waals surface area contributed by atoms with Crippen molar-refractivity contribution in [1.29, 1.82) is 0 Å². The average molecular weight is 290 g/mol. The first-order chi connectivity index (χ1) is 10.0. The Labute approximate surface area is 124 Å². The molecule has 0 saturated heterocycles. The largest absolute Gasteiger partial charge is 0.381 e. The summed E-state index contributed by atoms with van der Waals surface area (Å²) >= 11 is 0. The molecular formula is C17H20F2N2. The van der Waals surface area contributed by atoms with Crippen LogP contribution in [0, 0.1) is 0 Å². The maximum absolute atomic E-state index is 12.5. The van der Waals surface area contributed by atoms with Gasteiger partial charge in [-0.2, -0.15) is 0 Å². The quantitative estimate of drug-likeness (QED) is 0.853. The molecule has 0 saturated carbocycles. The zero-order valence-electron chi connectivity index (χ0n) is 12.3. The molecule has 112 valence electrons. The fraction of sp³-hybridized carbons (Fsp3) is 0.294. The van der Waals surface area contributed by atoms with E-state index in [1.54, 1.807) is 12.1 Å². The van der Waals surface area contributed by atoms with Crippen molar-refractivity contribution in [1.82, 2.24) is 4.90 Å². The van der Waals surface area contributed by atoms with Crippen LogP contribution < -0.4 is 5.32 Å². The molecule has 0 heterocycles. The van der Waals surface area contributed by atoms with Gasteiger partial charge in [-0.3, -0.25) is 0 Å². The molecule has 1 N–H and O–H groups in total. The van der Waals surface area contributed by atoms with Gasteiger partial charge in [-0.15, -0.1) is 0 Å². The minimum absolute atomic E-state index is 0.0618. The maximum Gasteiger partial charge on any atom is 0.263 e. The molecule has 0 aliphatic rings. The standard InChI is InChI=1S/C17H20F2N2/c1-21(2)12-14-4-3-5-16(10-14)20-11-13-6-8-15(9-7-13)17(18)19/h3-10,17,20H,11-12H2,1-2H3. The van der Waals surface area contributed by atoms with Crippen molar-refractivity contribution in [3.8, 4) is 0 Å². The topological polar surface area (TPSA) is 15.3 Å². The number of halogens is 2. The number of anilines is 1. The molecule has 2 aromatic rings. The van der Waals surface area contributed by atoms with Gasteiger partial charge in [0.1, 0.15) is 0 Å². The molecule has 2 nitrogen and oxygen atoms in total. The van der Waals surface area contributed by atoms with Gasteiger partial charge in [-0.25, -0.2) is 8.78 Å². The second-order valence-electron chi connectivity index (χ2n) is 5.33. The maximum atomic E-state index is 12.5. The first kappa shape index (κ1) is 15.4. The van der Waals surface area contributed by atoms with Gasteiger partial charge in [0.05, 0.1) is 0 Å². The Morgan fingerprint density at radius 3 is 2.33 bits per heavy atom. The highest BCUT2D eigenvalue weighted by atomic mass is 19.3. The Balaban J connectivity index is 1.96. The smallest absolute Gasteiger partial charge is 0.263 e. The molecule has 2 aromatic carbocycles. The molecule has 0 bridgehead atoms. The van der Waals surface area contributed by atoms with Crippen LogP contribution in [-0.2, 0) is 13.1 Å². The van der Waals surface area contributed by atoms with Crippen LogP contribution in [-0.4, -0.2) is 19.0 Å². The third kappa shape index (κ3) is 4.83. The fourth-order valence-electron chi connectivity index (χ4n) is 2.13. The lowest BCUT2D eigenvalue weighted by Gasteiger charge is -2.12. The lowest BCUT2D eigenvalue weighted by Crippen LogP contribution is -2.10. The predicted molar refractivity (Wildman–Crippen MR) is 82.6 cm³/mol. The Kier molecular flexibility index (Phi) is 5.28. The van der Waals surface area contributed by atoms with E-state index in [-0.39, 0.29) is 5.56 Å². The second kappa shape index (κ2) is 7.18. The van der Waals surface area contributed by atoms with Crippen LogP contribution in [0.2, 0.25) is 0 Å². The van der Waals surface area contributed by atoms with Gasteiger partial charge in [0, 0.05) is 24.3 Å². The SMILES string of the molecule is CN(C)Cc1cccc(NCc2ccc(C(F)F)cc2)c1. The highest BCUT2D eigenvalue weighted by molar-refractivity contribution is 5.46. The normalized spacial score (nSPS) is 11.1. The molecule has 0 aliphatic heterocycles. The number of nitrogens with zero attached hydrogens (tertiary/aromatic N) is 1. The van der Waals surface area contributed by atoms with E-state index in [2.05, 4.69) is 22.3 Å². The van der Waals surface area contributed by atoms with E-state index < -0.39 is 6.43 Å². The lowest BCUT2D eigenvalue weighted by atomic mass is 10.1. The first-order valence-electron chi connectivity index (χ1n) is 6.89. The monoisotopic (exact) mass is 290 g/mol. The van der Waals surface area contributed by atoms with Gasteiger partial charge in [-0.1, -0.05) is 36.4 Å². The van der Waals surface area contributed by atoms with Crippen molar-refractivity contribution in [2.75, 3.05) is 19.4 Å².